The van der Waals surface area contributed by atoms with E-state index in [9.17, 15) is 0 Å². The van der Waals surface area contributed by atoms with Crippen LogP contribution in [0.2, 0.25) is 0 Å². The third kappa shape index (κ3) is 2.46. The summed E-state index contributed by atoms with van der Waals surface area (Å²) in [6.45, 7) is 4.48. The van der Waals surface area contributed by atoms with Gasteiger partial charge in [-0.25, -0.2) is 0 Å². The Hall–Kier alpha value is -2.08. The Labute approximate surface area is 121 Å². The van der Waals surface area contributed by atoms with Gasteiger partial charge in [-0.3, -0.25) is 0 Å². The summed E-state index contributed by atoms with van der Waals surface area (Å²) >= 11 is 0. The molecule has 0 saturated heterocycles. The zero-order valence-corrected chi connectivity index (χ0v) is 12.2. The molecule has 0 aromatic heterocycles. The second-order valence-corrected chi connectivity index (χ2v) is 5.54. The molecule has 0 fully saturated rings. The molecular weight excluding hydrogens is 240 g/mol. The summed E-state index contributed by atoms with van der Waals surface area (Å²) < 4.78 is 0. The molecule has 100 valence electrons. The molecule has 2 aromatic carbocycles. The van der Waals surface area contributed by atoms with Gasteiger partial charge in [-0.15, -0.1) is 0 Å². The van der Waals surface area contributed by atoms with Crippen molar-refractivity contribution in [3.05, 3.63) is 88.5 Å². The predicted octanol–water partition coefficient (Wildman–Crippen LogP) is 5.40. The van der Waals surface area contributed by atoms with E-state index in [0.717, 1.165) is 12.8 Å². The van der Waals surface area contributed by atoms with Crippen LogP contribution >= 0.6 is 0 Å². The van der Waals surface area contributed by atoms with E-state index in [1.165, 1.54) is 33.4 Å². The van der Waals surface area contributed by atoms with E-state index in [1.54, 1.807) is 0 Å². The monoisotopic (exact) mass is 260 g/mol. The summed E-state index contributed by atoms with van der Waals surface area (Å²) in [5, 5.41) is 0. The highest BCUT2D eigenvalue weighted by Crippen LogP contribution is 2.31. The van der Waals surface area contributed by atoms with Gasteiger partial charge in [-0.1, -0.05) is 71.8 Å². The molecule has 2 aromatic rings. The topological polar surface area (TPSA) is 0 Å². The van der Waals surface area contributed by atoms with Crippen molar-refractivity contribution >= 4 is 5.57 Å². The molecule has 0 aliphatic heterocycles. The molecule has 0 saturated carbocycles. The molecule has 0 unspecified atom stereocenters. The molecule has 0 amide bonds. The molecule has 0 atom stereocenters. The average Bonchev–Trinajstić information content (AvgIpc) is 2.50. The highest BCUT2D eigenvalue weighted by atomic mass is 14.2. The van der Waals surface area contributed by atoms with Gasteiger partial charge in [0.2, 0.25) is 0 Å². The Bertz CT molecular complexity index is 672. The van der Waals surface area contributed by atoms with Crippen molar-refractivity contribution in [3.63, 3.8) is 0 Å². The van der Waals surface area contributed by atoms with Crippen LogP contribution in [-0.2, 0) is 6.42 Å². The Morgan fingerprint density at radius 1 is 0.750 bits per heavy atom. The van der Waals surface area contributed by atoms with E-state index < -0.39 is 0 Å². The first kappa shape index (κ1) is 12.9. The molecule has 0 bridgehead atoms. The molecule has 3 rings (SSSR count). The van der Waals surface area contributed by atoms with Crippen LogP contribution in [0.5, 0.6) is 0 Å². The highest BCUT2D eigenvalue weighted by Gasteiger charge is 2.13. The largest absolute Gasteiger partial charge is 0.0700 e. The van der Waals surface area contributed by atoms with Crippen LogP contribution in [0.15, 0.2) is 71.8 Å². The molecule has 1 aliphatic rings. The van der Waals surface area contributed by atoms with Crippen LogP contribution in [0.25, 0.3) is 5.57 Å². The van der Waals surface area contributed by atoms with Gasteiger partial charge < -0.3 is 0 Å². The lowest BCUT2D eigenvalue weighted by Gasteiger charge is -2.18. The summed E-state index contributed by atoms with van der Waals surface area (Å²) in [7, 11) is 0. The van der Waals surface area contributed by atoms with E-state index in [2.05, 4.69) is 74.5 Å². The van der Waals surface area contributed by atoms with Gasteiger partial charge in [0.1, 0.15) is 0 Å². The van der Waals surface area contributed by atoms with Crippen molar-refractivity contribution in [2.24, 2.45) is 0 Å². The SMILES string of the molecule is CC1=C(/C)CCc2ccccc2/C(c2ccccc2)=C\1. The molecule has 0 radical (unpaired) electrons. The maximum Gasteiger partial charge on any atom is -0.0106 e. The maximum atomic E-state index is 2.35. The predicted molar refractivity (Wildman–Crippen MR) is 86.7 cm³/mol. The van der Waals surface area contributed by atoms with E-state index in [1.807, 2.05) is 0 Å². The quantitative estimate of drug-likeness (QED) is 0.644. The lowest BCUT2D eigenvalue weighted by molar-refractivity contribution is 0.921. The minimum absolute atomic E-state index is 1.13. The van der Waals surface area contributed by atoms with Crippen LogP contribution in [0.3, 0.4) is 0 Å². The smallest absolute Gasteiger partial charge is 0.0106 e. The number of allylic oxidation sites excluding steroid dienone is 3. The molecule has 1 aliphatic carbocycles. The minimum atomic E-state index is 1.13. The van der Waals surface area contributed by atoms with Gasteiger partial charge in [0.05, 0.1) is 0 Å². The van der Waals surface area contributed by atoms with Gasteiger partial charge >= 0.3 is 0 Å². The minimum Gasteiger partial charge on any atom is -0.0700 e. The van der Waals surface area contributed by atoms with Crippen molar-refractivity contribution in [2.45, 2.75) is 26.7 Å². The summed E-state index contributed by atoms with van der Waals surface area (Å²) in [4.78, 5) is 0. The summed E-state index contributed by atoms with van der Waals surface area (Å²) in [6, 6.07) is 19.5. The van der Waals surface area contributed by atoms with E-state index >= 15 is 0 Å². The zero-order valence-electron chi connectivity index (χ0n) is 12.2. The first-order valence-electron chi connectivity index (χ1n) is 7.27. The van der Waals surface area contributed by atoms with Crippen molar-refractivity contribution in [1.29, 1.82) is 0 Å². The van der Waals surface area contributed by atoms with Crippen LogP contribution in [-0.4, -0.2) is 0 Å². The molecule has 0 nitrogen and oxygen atoms in total. The van der Waals surface area contributed by atoms with Crippen molar-refractivity contribution in [2.75, 3.05) is 0 Å². The van der Waals surface area contributed by atoms with Gasteiger partial charge in [0.15, 0.2) is 0 Å². The number of rotatable bonds is 1. The Balaban J connectivity index is 2.23. The van der Waals surface area contributed by atoms with E-state index in [4.69, 9.17) is 0 Å². The lowest BCUT2D eigenvalue weighted by Crippen LogP contribution is -2.00. The Kier molecular flexibility index (Phi) is 3.56. The standard InChI is InChI=1S/C20H20/c1-15-12-13-18-10-6-7-11-19(18)20(14-16(15)2)17-8-4-3-5-9-17/h3-11,14H,12-13H2,1-2H3/b16-15+,20-14-. The first-order valence-corrected chi connectivity index (χ1v) is 7.27. The molecule has 20 heavy (non-hydrogen) atoms. The zero-order chi connectivity index (χ0) is 13.9. The second kappa shape index (κ2) is 5.50. The van der Waals surface area contributed by atoms with Crippen LogP contribution in [0.4, 0.5) is 0 Å². The fourth-order valence-corrected chi connectivity index (χ4v) is 2.79. The van der Waals surface area contributed by atoms with Gasteiger partial charge in [-0.2, -0.15) is 0 Å². The van der Waals surface area contributed by atoms with Gasteiger partial charge in [0.25, 0.3) is 0 Å². The third-order valence-electron chi connectivity index (χ3n) is 4.20. The number of hydrogen-bond acceptors (Lipinski definition) is 0. The highest BCUT2D eigenvalue weighted by molar-refractivity contribution is 5.83. The Morgan fingerprint density at radius 2 is 1.45 bits per heavy atom. The number of benzene rings is 2. The third-order valence-corrected chi connectivity index (χ3v) is 4.20. The van der Waals surface area contributed by atoms with Gasteiger partial charge in [0, 0.05) is 0 Å². The normalized spacial score (nSPS) is 21.4. The van der Waals surface area contributed by atoms with Crippen molar-refractivity contribution in [1.82, 2.24) is 0 Å². The van der Waals surface area contributed by atoms with Crippen molar-refractivity contribution < 1.29 is 0 Å². The summed E-state index contributed by atoms with van der Waals surface area (Å²) in [6.07, 6.45) is 4.63. The second-order valence-electron chi connectivity index (χ2n) is 5.54. The van der Waals surface area contributed by atoms with Gasteiger partial charge in [-0.05, 0) is 49.0 Å². The van der Waals surface area contributed by atoms with Crippen molar-refractivity contribution in [3.8, 4) is 0 Å². The molecule has 0 heteroatoms. The first-order chi connectivity index (χ1) is 9.75. The van der Waals surface area contributed by atoms with Crippen LogP contribution < -0.4 is 0 Å². The lowest BCUT2D eigenvalue weighted by atomic mass is 9.87. The summed E-state index contributed by atoms with van der Waals surface area (Å²) in [5.74, 6) is 0. The van der Waals surface area contributed by atoms with E-state index in [-0.39, 0.29) is 0 Å². The maximum absolute atomic E-state index is 2.35. The average molecular weight is 260 g/mol. The number of aryl methyl sites for hydroxylation is 1. The molecule has 0 N–H and O–H groups in total. The summed E-state index contributed by atoms with van der Waals surface area (Å²) in [5.41, 5.74) is 8.37. The number of hydrogen-bond donors (Lipinski definition) is 0. The Morgan fingerprint density at radius 3 is 2.25 bits per heavy atom. The molecule has 0 spiro atoms. The van der Waals surface area contributed by atoms with E-state index in [0.29, 0.717) is 0 Å². The molecular formula is C20H20. The fraction of sp³-hybridized carbons (Fsp3) is 0.200. The fourth-order valence-electron chi connectivity index (χ4n) is 2.79. The number of fused-ring (bicyclic) bond motifs is 1. The van der Waals surface area contributed by atoms with Crippen LogP contribution in [0, 0.1) is 0 Å². The molecule has 0 heterocycles. The van der Waals surface area contributed by atoms with Crippen LogP contribution in [0.1, 0.15) is 37.0 Å².